The molecule has 121 heavy (non-hydrogen) atoms. The summed E-state index contributed by atoms with van der Waals surface area (Å²) < 4.78 is 0. The van der Waals surface area contributed by atoms with E-state index in [0.717, 1.165) is 38.5 Å². The van der Waals surface area contributed by atoms with Gasteiger partial charge in [0.15, 0.2) is 0 Å². The zero-order valence-corrected chi connectivity index (χ0v) is 85.0. The number of unbranched alkanes of at least 4 members (excludes halogenated alkanes) is 102. The third kappa shape index (κ3) is 135. The van der Waals surface area contributed by atoms with Gasteiger partial charge in [-0.25, -0.2) is 0 Å². The second-order valence-electron chi connectivity index (χ2n) is 39.4. The molecular weight excluding hydrogens is 1490 g/mol. The van der Waals surface area contributed by atoms with Gasteiger partial charge in [-0.1, -0.05) is 676 Å². The Balaban J connectivity index is -0.000000845. The Kier molecular flexibility index (Phi) is 128. The molecule has 0 unspecified atom stereocenters. The van der Waals surface area contributed by atoms with Crippen LogP contribution in [0.1, 0.15) is 714 Å². The minimum absolute atomic E-state index is 0. The number of carboxylic acids is 3. The predicted molar refractivity (Wildman–Crippen MR) is 536 cm³/mol. The van der Waals surface area contributed by atoms with Gasteiger partial charge in [0.2, 0.25) is 0 Å². The van der Waals surface area contributed by atoms with Gasteiger partial charge in [0.05, 0.1) is 0 Å². The van der Waals surface area contributed by atoms with Gasteiger partial charge in [-0.2, -0.15) is 0 Å². The fourth-order valence-corrected chi connectivity index (χ4v) is 18.5. The third-order valence-corrected chi connectivity index (χ3v) is 27.0. The van der Waals surface area contributed by atoms with Gasteiger partial charge in [0.1, 0.15) is 0 Å². The molecule has 0 atom stereocenters. The van der Waals surface area contributed by atoms with Crippen molar-refractivity contribution in [1.29, 1.82) is 0 Å². The van der Waals surface area contributed by atoms with Crippen LogP contribution < -0.4 is 15.3 Å². The Labute approximate surface area is 774 Å². The number of rotatable bonds is 108. The van der Waals surface area contributed by atoms with Crippen molar-refractivity contribution < 1.29 is 29.7 Å². The van der Waals surface area contributed by atoms with Gasteiger partial charge in [-0.05, 0) is 38.5 Å². The van der Waals surface area contributed by atoms with Crippen LogP contribution in [-0.4, -0.2) is 35.3 Å². The summed E-state index contributed by atoms with van der Waals surface area (Å²) in [7, 11) is 0. The molecule has 0 N–H and O–H groups in total. The molecule has 0 aromatic carbocycles. The molecule has 6 nitrogen and oxygen atoms in total. The van der Waals surface area contributed by atoms with Crippen LogP contribution in [0.15, 0.2) is 0 Å². The summed E-state index contributed by atoms with van der Waals surface area (Å²) in [5.41, 5.74) is 0. The standard InChI is InChI=1S/3C38H76O2.Al/c3*1-2-3-4-5-6-7-8-9-10-11-12-13-14-15-16-17-18-19-20-21-22-23-24-25-26-27-28-29-30-31-32-33-34-35-36-37-38(39)40;/h3*2-37H2,1H3,(H,39,40);/q;;;+3/p-3. The number of hydrogen-bond donors (Lipinski definition) is 0. The van der Waals surface area contributed by atoms with Crippen LogP contribution >= 0.6 is 0 Å². The molecule has 0 saturated carbocycles. The summed E-state index contributed by atoms with van der Waals surface area (Å²) in [5, 5.41) is 31.1. The van der Waals surface area contributed by atoms with Crippen LogP contribution in [0, 0.1) is 0 Å². The van der Waals surface area contributed by atoms with E-state index in [2.05, 4.69) is 20.8 Å². The molecule has 0 heterocycles. The van der Waals surface area contributed by atoms with Gasteiger partial charge >= 0.3 is 17.4 Å². The average Bonchev–Trinajstić information content (AvgIpc) is 2.08. The Bertz CT molecular complexity index is 1590. The molecule has 0 spiro atoms. The molecule has 0 saturated heterocycles. The SMILES string of the molecule is CCCCCCCCCCCCCCCCCCCCCCCCCCCCCCCCCCCCCC(=O)[O-].CCCCCCCCCCCCCCCCCCCCCCCCCCCCCCCCCCCCCC(=O)[O-].CCCCCCCCCCCCCCCCCCCCCCCCCCCCCCCCCCCCCC(=O)[O-].[Al+3]. The molecule has 0 amide bonds. The van der Waals surface area contributed by atoms with Gasteiger partial charge in [-0.3, -0.25) is 0 Å². The molecule has 0 aliphatic rings. The van der Waals surface area contributed by atoms with Crippen molar-refractivity contribution in [2.24, 2.45) is 0 Å². The Hall–Kier alpha value is -1.06. The molecule has 0 aliphatic carbocycles. The monoisotopic (exact) mass is 1720 g/mol. The summed E-state index contributed by atoms with van der Waals surface area (Å²) in [6.45, 7) is 6.91. The minimum Gasteiger partial charge on any atom is -0.550 e. The van der Waals surface area contributed by atoms with Gasteiger partial charge < -0.3 is 29.7 Å². The molecule has 7 heteroatoms. The maximum atomic E-state index is 10.4. The number of carboxylic acid groups (broad SMARTS) is 3. The zero-order chi connectivity index (χ0) is 87.1. The van der Waals surface area contributed by atoms with Crippen molar-refractivity contribution in [3.05, 3.63) is 0 Å². The first-order chi connectivity index (χ1) is 59.3. The summed E-state index contributed by atoms with van der Waals surface area (Å²) in [5.74, 6) is -2.69. The summed E-state index contributed by atoms with van der Waals surface area (Å²) >= 11 is 0. The van der Waals surface area contributed by atoms with E-state index in [1.54, 1.807) is 0 Å². The fourth-order valence-electron chi connectivity index (χ4n) is 18.5. The Morgan fingerprint density at radius 3 is 0.207 bits per heavy atom. The van der Waals surface area contributed by atoms with E-state index in [4.69, 9.17) is 0 Å². The number of carbonyl (C=O) groups is 3. The molecule has 0 aromatic heterocycles. The maximum absolute atomic E-state index is 10.4. The topological polar surface area (TPSA) is 120 Å². The maximum Gasteiger partial charge on any atom is 3.00 e. The second-order valence-corrected chi connectivity index (χ2v) is 39.4. The van der Waals surface area contributed by atoms with E-state index in [1.165, 1.54) is 636 Å². The quantitative estimate of drug-likeness (QED) is 0.0442. The van der Waals surface area contributed by atoms with E-state index < -0.39 is 17.9 Å². The van der Waals surface area contributed by atoms with E-state index in [0.29, 0.717) is 0 Å². The Morgan fingerprint density at radius 1 is 0.107 bits per heavy atom. The number of aliphatic carboxylic acids is 3. The first-order valence-electron chi connectivity index (χ1n) is 56.9. The van der Waals surface area contributed by atoms with E-state index in [-0.39, 0.29) is 36.6 Å². The minimum atomic E-state index is -0.897. The van der Waals surface area contributed by atoms with Crippen molar-refractivity contribution in [3.63, 3.8) is 0 Å². The van der Waals surface area contributed by atoms with Crippen LogP contribution in [0.4, 0.5) is 0 Å². The molecule has 0 aliphatic heterocycles. The van der Waals surface area contributed by atoms with E-state index >= 15 is 0 Å². The molecule has 0 aromatic rings. The van der Waals surface area contributed by atoms with Crippen molar-refractivity contribution >= 4 is 35.3 Å². The van der Waals surface area contributed by atoms with Crippen LogP contribution in [0.2, 0.25) is 0 Å². The van der Waals surface area contributed by atoms with Gasteiger partial charge in [0.25, 0.3) is 0 Å². The van der Waals surface area contributed by atoms with Crippen LogP contribution in [-0.2, 0) is 14.4 Å². The Morgan fingerprint density at radius 2 is 0.157 bits per heavy atom. The largest absolute Gasteiger partial charge is 3.00 e. The van der Waals surface area contributed by atoms with E-state index in [1.807, 2.05) is 0 Å². The van der Waals surface area contributed by atoms with Gasteiger partial charge in [-0.15, -0.1) is 0 Å². The molecule has 0 rings (SSSR count). The molecule has 720 valence electrons. The van der Waals surface area contributed by atoms with Crippen molar-refractivity contribution in [2.45, 2.75) is 714 Å². The smallest absolute Gasteiger partial charge is 0.550 e. The van der Waals surface area contributed by atoms with E-state index in [9.17, 15) is 29.7 Å². The normalized spacial score (nSPS) is 11.3. The van der Waals surface area contributed by atoms with Crippen molar-refractivity contribution in [2.75, 3.05) is 0 Å². The molecule has 0 fully saturated rings. The average molecular weight is 1720 g/mol. The molecule has 0 bridgehead atoms. The van der Waals surface area contributed by atoms with Crippen molar-refractivity contribution in [1.82, 2.24) is 0 Å². The predicted octanol–water partition coefficient (Wildman–Crippen LogP) is 38.0. The van der Waals surface area contributed by atoms with Crippen LogP contribution in [0.5, 0.6) is 0 Å². The second kappa shape index (κ2) is 123. The number of hydrogen-bond acceptors (Lipinski definition) is 6. The molecule has 0 radical (unpaired) electrons. The van der Waals surface area contributed by atoms with Crippen LogP contribution in [0.3, 0.4) is 0 Å². The molecular formula is C114H225AlO6. The first-order valence-corrected chi connectivity index (χ1v) is 56.9. The fraction of sp³-hybridized carbons (Fsp3) is 0.974. The zero-order valence-electron chi connectivity index (χ0n) is 83.9. The van der Waals surface area contributed by atoms with Gasteiger partial charge in [0, 0.05) is 17.9 Å². The summed E-state index contributed by atoms with van der Waals surface area (Å²) in [6.07, 6.45) is 149. The van der Waals surface area contributed by atoms with Crippen LogP contribution in [0.25, 0.3) is 0 Å². The van der Waals surface area contributed by atoms with Crippen molar-refractivity contribution in [3.8, 4) is 0 Å². The summed E-state index contributed by atoms with van der Waals surface area (Å²) in [6, 6.07) is 0. The first kappa shape index (κ1) is 126. The third-order valence-electron chi connectivity index (χ3n) is 27.0. The summed E-state index contributed by atoms with van der Waals surface area (Å²) in [4.78, 5) is 31.1. The number of carbonyl (C=O) groups excluding carboxylic acids is 3.